The van der Waals surface area contributed by atoms with Gasteiger partial charge in [0.15, 0.2) is 0 Å². The Labute approximate surface area is 103 Å². The van der Waals surface area contributed by atoms with Gasteiger partial charge in [0, 0.05) is 5.33 Å². The number of esters is 1. The predicted molar refractivity (Wildman–Crippen MR) is 64.1 cm³/mol. The molecule has 0 aromatic heterocycles. The molecule has 1 rings (SSSR count). The van der Waals surface area contributed by atoms with Crippen molar-refractivity contribution in [1.82, 2.24) is 0 Å². The summed E-state index contributed by atoms with van der Waals surface area (Å²) in [6.07, 6.45) is 0.190. The van der Waals surface area contributed by atoms with Gasteiger partial charge in [0.25, 0.3) is 0 Å². The summed E-state index contributed by atoms with van der Waals surface area (Å²) in [5.41, 5.74) is 2.15. The van der Waals surface area contributed by atoms with Crippen LogP contribution in [-0.4, -0.2) is 12.6 Å². The molecule has 1 aromatic carbocycles. The molecule has 0 aliphatic carbocycles. The van der Waals surface area contributed by atoms with E-state index in [4.69, 9.17) is 4.74 Å². The molecule has 0 aliphatic heterocycles. The average molecular weight is 289 g/mol. The van der Waals surface area contributed by atoms with Crippen LogP contribution in [0.4, 0.5) is 4.39 Å². The monoisotopic (exact) mass is 288 g/mol. The predicted octanol–water partition coefficient (Wildman–Crippen LogP) is 3.13. The third-order valence-electron chi connectivity index (χ3n) is 2.26. The molecular formula is C12H14BrFO2. The molecule has 0 atom stereocenters. The first-order valence-electron chi connectivity index (χ1n) is 5.08. The third kappa shape index (κ3) is 3.30. The Morgan fingerprint density at radius 3 is 2.69 bits per heavy atom. The molecule has 0 fully saturated rings. The Kier molecular flexibility index (Phi) is 4.93. The molecule has 88 valence electrons. The van der Waals surface area contributed by atoms with Crippen LogP contribution in [0.3, 0.4) is 0 Å². The molecule has 0 bridgehead atoms. The zero-order valence-electron chi connectivity index (χ0n) is 9.35. The van der Waals surface area contributed by atoms with Gasteiger partial charge in [-0.2, -0.15) is 0 Å². The molecule has 1 aromatic rings. The highest BCUT2D eigenvalue weighted by atomic mass is 79.9. The van der Waals surface area contributed by atoms with Crippen molar-refractivity contribution in [3.05, 3.63) is 34.6 Å². The maximum absolute atomic E-state index is 13.3. The number of rotatable bonds is 4. The Hall–Kier alpha value is -0.900. The number of carbonyl (C=O) groups is 1. The van der Waals surface area contributed by atoms with Gasteiger partial charge in [-0.15, -0.1) is 0 Å². The molecule has 16 heavy (non-hydrogen) atoms. The number of carbonyl (C=O) groups excluding carboxylic acids is 1. The number of hydrogen-bond acceptors (Lipinski definition) is 2. The molecule has 2 nitrogen and oxygen atoms in total. The molecule has 0 amide bonds. The Morgan fingerprint density at radius 2 is 2.12 bits per heavy atom. The fraction of sp³-hybridized carbons (Fsp3) is 0.417. The summed E-state index contributed by atoms with van der Waals surface area (Å²) in [4.78, 5) is 11.3. The molecule has 0 heterocycles. The molecule has 0 unspecified atom stereocenters. The zero-order valence-corrected chi connectivity index (χ0v) is 10.9. The minimum atomic E-state index is -0.282. The topological polar surface area (TPSA) is 26.3 Å². The van der Waals surface area contributed by atoms with Crippen LogP contribution in [0.5, 0.6) is 0 Å². The van der Waals surface area contributed by atoms with Crippen molar-refractivity contribution >= 4 is 21.9 Å². The minimum Gasteiger partial charge on any atom is -0.466 e. The summed E-state index contributed by atoms with van der Waals surface area (Å²) >= 11 is 3.28. The van der Waals surface area contributed by atoms with Crippen molar-refractivity contribution < 1.29 is 13.9 Å². The third-order valence-corrected chi connectivity index (χ3v) is 2.87. The van der Waals surface area contributed by atoms with Gasteiger partial charge in [-0.05, 0) is 36.6 Å². The van der Waals surface area contributed by atoms with Gasteiger partial charge in [0.05, 0.1) is 13.0 Å². The highest BCUT2D eigenvalue weighted by Gasteiger charge is 2.11. The molecule has 0 radical (unpaired) electrons. The quantitative estimate of drug-likeness (QED) is 0.629. The number of alkyl halides is 1. The van der Waals surface area contributed by atoms with Gasteiger partial charge in [-0.3, -0.25) is 4.79 Å². The summed E-state index contributed by atoms with van der Waals surface area (Å²) in [5, 5.41) is 0.527. The van der Waals surface area contributed by atoms with Crippen LogP contribution in [0.1, 0.15) is 23.6 Å². The van der Waals surface area contributed by atoms with Crippen LogP contribution in [0.15, 0.2) is 12.1 Å². The molecule has 0 N–H and O–H groups in total. The molecular weight excluding hydrogens is 275 g/mol. The van der Waals surface area contributed by atoms with Gasteiger partial charge in [-0.1, -0.05) is 22.0 Å². The lowest BCUT2D eigenvalue weighted by atomic mass is 10.0. The van der Waals surface area contributed by atoms with E-state index in [0.29, 0.717) is 17.5 Å². The Bertz CT molecular complexity index is 391. The van der Waals surface area contributed by atoms with Crippen LogP contribution in [-0.2, 0) is 21.3 Å². The van der Waals surface area contributed by atoms with Crippen LogP contribution in [0, 0.1) is 12.7 Å². The summed E-state index contributed by atoms with van der Waals surface area (Å²) in [6, 6.07) is 3.15. The first kappa shape index (κ1) is 13.2. The number of benzene rings is 1. The van der Waals surface area contributed by atoms with E-state index in [-0.39, 0.29) is 18.2 Å². The van der Waals surface area contributed by atoms with Gasteiger partial charge in [0.1, 0.15) is 5.82 Å². The lowest BCUT2D eigenvalue weighted by Gasteiger charge is -2.09. The van der Waals surface area contributed by atoms with Crippen molar-refractivity contribution in [2.75, 3.05) is 6.61 Å². The van der Waals surface area contributed by atoms with E-state index in [9.17, 15) is 9.18 Å². The van der Waals surface area contributed by atoms with Gasteiger partial charge < -0.3 is 4.74 Å². The Balaban J connectivity index is 2.94. The highest BCUT2D eigenvalue weighted by molar-refractivity contribution is 9.08. The van der Waals surface area contributed by atoms with Crippen molar-refractivity contribution in [1.29, 1.82) is 0 Å². The maximum Gasteiger partial charge on any atom is 0.310 e. The number of halogens is 2. The van der Waals surface area contributed by atoms with Crippen LogP contribution >= 0.6 is 15.9 Å². The van der Waals surface area contributed by atoms with Gasteiger partial charge in [-0.25, -0.2) is 4.39 Å². The number of ether oxygens (including phenoxy) is 1. The number of aryl methyl sites for hydroxylation is 1. The first-order chi connectivity index (χ1) is 7.58. The van der Waals surface area contributed by atoms with Crippen molar-refractivity contribution in [2.45, 2.75) is 25.6 Å². The highest BCUT2D eigenvalue weighted by Crippen LogP contribution is 2.19. The molecule has 0 spiro atoms. The van der Waals surface area contributed by atoms with Gasteiger partial charge in [0.2, 0.25) is 0 Å². The van der Waals surface area contributed by atoms with E-state index in [1.807, 2.05) is 0 Å². The summed E-state index contributed by atoms with van der Waals surface area (Å²) < 4.78 is 18.2. The SMILES string of the molecule is CCOC(=O)Cc1cc(C)c(F)cc1CBr. The maximum atomic E-state index is 13.3. The second kappa shape index (κ2) is 5.99. The van der Waals surface area contributed by atoms with E-state index in [2.05, 4.69) is 15.9 Å². The van der Waals surface area contributed by atoms with E-state index < -0.39 is 0 Å². The molecule has 0 aliphatic rings. The van der Waals surface area contributed by atoms with Crippen molar-refractivity contribution in [3.63, 3.8) is 0 Å². The average Bonchev–Trinajstić information content (AvgIpc) is 2.23. The molecule has 4 heteroatoms. The van der Waals surface area contributed by atoms with Crippen LogP contribution in [0.25, 0.3) is 0 Å². The summed E-state index contributed by atoms with van der Waals surface area (Å²) in [6.45, 7) is 3.81. The summed E-state index contributed by atoms with van der Waals surface area (Å²) in [5.74, 6) is -0.530. The smallest absolute Gasteiger partial charge is 0.310 e. The van der Waals surface area contributed by atoms with Gasteiger partial charge >= 0.3 is 5.97 Å². The minimum absolute atomic E-state index is 0.190. The second-order valence-corrected chi connectivity index (χ2v) is 4.05. The lowest BCUT2D eigenvalue weighted by molar-refractivity contribution is -0.142. The summed E-state index contributed by atoms with van der Waals surface area (Å²) in [7, 11) is 0. The molecule has 0 saturated heterocycles. The largest absolute Gasteiger partial charge is 0.466 e. The van der Waals surface area contributed by atoms with Crippen molar-refractivity contribution in [2.24, 2.45) is 0 Å². The fourth-order valence-corrected chi connectivity index (χ4v) is 1.96. The lowest BCUT2D eigenvalue weighted by Crippen LogP contribution is -2.09. The Morgan fingerprint density at radius 1 is 1.44 bits per heavy atom. The van der Waals surface area contributed by atoms with E-state index in [1.54, 1.807) is 19.9 Å². The first-order valence-corrected chi connectivity index (χ1v) is 6.20. The molecule has 0 saturated carbocycles. The normalized spacial score (nSPS) is 10.2. The second-order valence-electron chi connectivity index (χ2n) is 3.49. The van der Waals surface area contributed by atoms with Crippen LogP contribution in [0.2, 0.25) is 0 Å². The number of hydrogen-bond donors (Lipinski definition) is 0. The fourth-order valence-electron chi connectivity index (χ4n) is 1.44. The zero-order chi connectivity index (χ0) is 12.1. The van der Waals surface area contributed by atoms with Crippen LogP contribution < -0.4 is 0 Å². The van der Waals surface area contributed by atoms with E-state index >= 15 is 0 Å². The van der Waals surface area contributed by atoms with E-state index in [1.165, 1.54) is 6.07 Å². The van der Waals surface area contributed by atoms with E-state index in [0.717, 1.165) is 11.1 Å². The van der Waals surface area contributed by atoms with Crippen molar-refractivity contribution in [3.8, 4) is 0 Å². The standard InChI is InChI=1S/C12H14BrFO2/c1-3-16-12(15)6-9-4-8(2)11(14)5-10(9)7-13/h4-5H,3,6-7H2,1-2H3.